The van der Waals surface area contributed by atoms with Gasteiger partial charge in [0.15, 0.2) is 0 Å². The lowest BCUT2D eigenvalue weighted by molar-refractivity contribution is 0.245. The zero-order valence-corrected chi connectivity index (χ0v) is 18.6. The summed E-state index contributed by atoms with van der Waals surface area (Å²) >= 11 is 6.01. The average molecular weight is 427 g/mol. The first-order chi connectivity index (χ1) is 14.4. The number of halogens is 1. The number of aromatic hydroxyl groups is 2. The fourth-order valence-electron chi connectivity index (χ4n) is 4.78. The lowest BCUT2D eigenvalue weighted by Gasteiger charge is -2.36. The maximum atomic E-state index is 11.1. The van der Waals surface area contributed by atoms with Gasteiger partial charge in [-0.05, 0) is 69.0 Å². The summed E-state index contributed by atoms with van der Waals surface area (Å²) in [6.45, 7) is 8.56. The summed E-state index contributed by atoms with van der Waals surface area (Å²) in [7, 11) is 0. The monoisotopic (exact) mass is 426 g/mol. The zero-order chi connectivity index (χ0) is 21.3. The summed E-state index contributed by atoms with van der Waals surface area (Å²) < 4.78 is 0. The van der Waals surface area contributed by atoms with Gasteiger partial charge in [0, 0.05) is 60.5 Å². The van der Waals surface area contributed by atoms with Crippen LogP contribution in [0.5, 0.6) is 11.5 Å². The number of phenols is 2. The summed E-state index contributed by atoms with van der Waals surface area (Å²) in [5, 5.41) is 22.5. The molecule has 0 aromatic heterocycles. The standard InChI is InChI=1S/C25H31ClN2O2/c1-17-4-3-5-19(14-17)24-23(29)15-18(2)22(25(24)30)16-27-10-12-28(13-11-27)21-8-6-20(26)7-9-21/h6-9,14-15,19,29-30H,3-5,10-13,16H2,1-2H3. The minimum atomic E-state index is 0.0971. The van der Waals surface area contributed by atoms with Crippen molar-refractivity contribution in [2.75, 3.05) is 31.1 Å². The molecule has 5 heteroatoms. The van der Waals surface area contributed by atoms with E-state index in [1.165, 1.54) is 11.3 Å². The second-order valence-electron chi connectivity index (χ2n) is 8.70. The first-order valence-electron chi connectivity index (χ1n) is 10.9. The Morgan fingerprint density at radius 1 is 1.03 bits per heavy atom. The number of phenolic OH excluding ortho intramolecular Hbond substituents is 2. The fourth-order valence-corrected chi connectivity index (χ4v) is 4.91. The molecule has 0 amide bonds. The summed E-state index contributed by atoms with van der Waals surface area (Å²) in [6.07, 6.45) is 5.39. The molecule has 1 fully saturated rings. The van der Waals surface area contributed by atoms with Crippen molar-refractivity contribution >= 4 is 17.3 Å². The first-order valence-corrected chi connectivity index (χ1v) is 11.2. The van der Waals surface area contributed by atoms with Crippen LogP contribution in [0.25, 0.3) is 0 Å². The van der Waals surface area contributed by atoms with E-state index in [9.17, 15) is 10.2 Å². The van der Waals surface area contributed by atoms with Crippen molar-refractivity contribution in [3.05, 3.63) is 63.7 Å². The quantitative estimate of drug-likeness (QED) is 0.625. The molecular formula is C25H31ClN2O2. The van der Waals surface area contributed by atoms with Gasteiger partial charge in [0.05, 0.1) is 0 Å². The highest BCUT2D eigenvalue weighted by Gasteiger charge is 2.26. The molecule has 1 atom stereocenters. The molecule has 1 aliphatic heterocycles. The van der Waals surface area contributed by atoms with Crippen LogP contribution in [0, 0.1) is 6.92 Å². The van der Waals surface area contributed by atoms with Crippen LogP contribution in [0.4, 0.5) is 5.69 Å². The van der Waals surface area contributed by atoms with E-state index in [1.807, 2.05) is 25.1 Å². The van der Waals surface area contributed by atoms with E-state index in [1.54, 1.807) is 0 Å². The van der Waals surface area contributed by atoms with E-state index < -0.39 is 0 Å². The van der Waals surface area contributed by atoms with Crippen molar-refractivity contribution in [3.63, 3.8) is 0 Å². The van der Waals surface area contributed by atoms with Crippen molar-refractivity contribution in [2.45, 2.75) is 45.6 Å². The average Bonchev–Trinajstić information content (AvgIpc) is 2.72. The van der Waals surface area contributed by atoms with Gasteiger partial charge >= 0.3 is 0 Å². The molecule has 1 saturated heterocycles. The maximum Gasteiger partial charge on any atom is 0.127 e. The molecule has 2 N–H and O–H groups in total. The number of hydrogen-bond donors (Lipinski definition) is 2. The molecule has 4 nitrogen and oxygen atoms in total. The van der Waals surface area contributed by atoms with E-state index >= 15 is 0 Å². The van der Waals surface area contributed by atoms with Gasteiger partial charge in [-0.25, -0.2) is 0 Å². The zero-order valence-electron chi connectivity index (χ0n) is 17.9. The molecule has 2 aliphatic rings. The van der Waals surface area contributed by atoms with Crippen LogP contribution in [-0.2, 0) is 6.54 Å². The highest BCUT2D eigenvalue weighted by Crippen LogP contribution is 2.43. The summed E-state index contributed by atoms with van der Waals surface area (Å²) in [5.41, 5.74) is 5.13. The highest BCUT2D eigenvalue weighted by molar-refractivity contribution is 6.30. The van der Waals surface area contributed by atoms with Crippen molar-refractivity contribution in [1.29, 1.82) is 0 Å². The van der Waals surface area contributed by atoms with Crippen molar-refractivity contribution in [1.82, 2.24) is 4.90 Å². The van der Waals surface area contributed by atoms with E-state index in [4.69, 9.17) is 11.6 Å². The molecule has 1 heterocycles. The predicted octanol–water partition coefficient (Wildman–Crippen LogP) is 5.60. The maximum absolute atomic E-state index is 11.1. The van der Waals surface area contributed by atoms with E-state index in [0.717, 1.165) is 61.6 Å². The summed E-state index contributed by atoms with van der Waals surface area (Å²) in [6, 6.07) is 9.83. The molecule has 0 radical (unpaired) electrons. The van der Waals surface area contributed by atoms with Crippen LogP contribution in [0.3, 0.4) is 0 Å². The second-order valence-corrected chi connectivity index (χ2v) is 9.14. The van der Waals surface area contributed by atoms with Crippen LogP contribution >= 0.6 is 11.6 Å². The van der Waals surface area contributed by atoms with Gasteiger partial charge in [-0.2, -0.15) is 0 Å². The minimum absolute atomic E-state index is 0.0971. The SMILES string of the molecule is CC1=CC(c2c(O)cc(C)c(CN3CCN(c4ccc(Cl)cc4)CC3)c2O)CCC1. The molecule has 4 rings (SSSR count). The van der Waals surface area contributed by atoms with Gasteiger partial charge in [-0.1, -0.05) is 23.3 Å². The second kappa shape index (κ2) is 8.91. The Morgan fingerprint density at radius 2 is 1.73 bits per heavy atom. The Hall–Kier alpha value is -2.17. The van der Waals surface area contributed by atoms with Gasteiger partial charge in [0.25, 0.3) is 0 Å². The fraction of sp³-hybridized carbons (Fsp3) is 0.440. The normalized spacial score (nSPS) is 20.3. The molecule has 0 bridgehead atoms. The van der Waals surface area contributed by atoms with Crippen molar-refractivity contribution < 1.29 is 10.2 Å². The van der Waals surface area contributed by atoms with Gasteiger partial charge in [0.1, 0.15) is 11.5 Å². The molecule has 160 valence electrons. The number of rotatable bonds is 4. The van der Waals surface area contributed by atoms with Crippen molar-refractivity contribution in [2.24, 2.45) is 0 Å². The third kappa shape index (κ3) is 4.45. The number of nitrogens with zero attached hydrogens (tertiary/aromatic N) is 2. The number of allylic oxidation sites excluding steroid dienone is 2. The van der Waals surface area contributed by atoms with Crippen molar-refractivity contribution in [3.8, 4) is 11.5 Å². The third-order valence-electron chi connectivity index (χ3n) is 6.53. The Bertz CT molecular complexity index is 931. The molecular weight excluding hydrogens is 396 g/mol. The third-order valence-corrected chi connectivity index (χ3v) is 6.79. The van der Waals surface area contributed by atoms with Gasteiger partial charge in [-0.3, -0.25) is 4.90 Å². The Balaban J connectivity index is 1.49. The summed E-state index contributed by atoms with van der Waals surface area (Å²) in [4.78, 5) is 4.76. The molecule has 2 aromatic rings. The van der Waals surface area contributed by atoms with Gasteiger partial charge in [-0.15, -0.1) is 0 Å². The van der Waals surface area contributed by atoms with E-state index in [0.29, 0.717) is 12.1 Å². The van der Waals surface area contributed by atoms with Crippen LogP contribution in [0.15, 0.2) is 42.0 Å². The number of hydrogen-bond acceptors (Lipinski definition) is 4. The van der Waals surface area contributed by atoms with Gasteiger partial charge < -0.3 is 15.1 Å². The molecule has 1 unspecified atom stereocenters. The summed E-state index contributed by atoms with van der Waals surface area (Å²) in [5.74, 6) is 0.598. The van der Waals surface area contributed by atoms with Crippen LogP contribution in [0.1, 0.15) is 48.8 Å². The highest BCUT2D eigenvalue weighted by atomic mass is 35.5. The van der Waals surface area contributed by atoms with E-state index in [2.05, 4.69) is 34.9 Å². The number of piperazine rings is 1. The van der Waals surface area contributed by atoms with Crippen LogP contribution < -0.4 is 4.90 Å². The lowest BCUT2D eigenvalue weighted by Crippen LogP contribution is -2.46. The largest absolute Gasteiger partial charge is 0.507 e. The molecule has 1 aliphatic carbocycles. The predicted molar refractivity (Wildman–Crippen MR) is 124 cm³/mol. The molecule has 0 spiro atoms. The van der Waals surface area contributed by atoms with Crippen LogP contribution in [0.2, 0.25) is 5.02 Å². The topological polar surface area (TPSA) is 46.9 Å². The number of anilines is 1. The Morgan fingerprint density at radius 3 is 2.40 bits per heavy atom. The smallest absolute Gasteiger partial charge is 0.127 e. The molecule has 2 aromatic carbocycles. The number of aryl methyl sites for hydroxylation is 1. The lowest BCUT2D eigenvalue weighted by atomic mass is 9.83. The Kier molecular flexibility index (Phi) is 6.26. The first kappa shape index (κ1) is 21.1. The molecule has 0 saturated carbocycles. The number of benzene rings is 2. The molecule has 30 heavy (non-hydrogen) atoms. The van der Waals surface area contributed by atoms with Gasteiger partial charge in [0.2, 0.25) is 0 Å². The van der Waals surface area contributed by atoms with E-state index in [-0.39, 0.29) is 17.4 Å². The van der Waals surface area contributed by atoms with Crippen LogP contribution in [-0.4, -0.2) is 41.3 Å². The Labute approximate surface area is 184 Å². The minimum Gasteiger partial charge on any atom is -0.507 e.